The minimum atomic E-state index is -0.415. The van der Waals surface area contributed by atoms with Crippen LogP contribution in [0, 0.1) is 5.41 Å². The maximum atomic E-state index is 9.30. The van der Waals surface area contributed by atoms with Crippen LogP contribution in [0.5, 0.6) is 0 Å². The fourth-order valence-corrected chi connectivity index (χ4v) is 1.38. The summed E-state index contributed by atoms with van der Waals surface area (Å²) >= 11 is 0. The molecule has 1 atom stereocenters. The number of hydrogen-bond acceptors (Lipinski definition) is 2. The third-order valence-corrected chi connectivity index (χ3v) is 3.00. The third kappa shape index (κ3) is 3.65. The average Bonchev–Trinajstić information content (AvgIpc) is 2.02. The number of nitrogens with two attached hydrogens (primary N) is 1. The molecule has 0 aliphatic rings. The monoisotopic (exact) mass is 187 g/mol. The van der Waals surface area contributed by atoms with Crippen molar-refractivity contribution in [1.82, 2.24) is 0 Å². The number of aliphatic hydroxyl groups is 1. The lowest BCUT2D eigenvalue weighted by Crippen LogP contribution is -2.54. The van der Waals surface area contributed by atoms with Crippen LogP contribution >= 0.6 is 0 Å². The van der Waals surface area contributed by atoms with Gasteiger partial charge in [0.05, 0.1) is 6.61 Å². The molecule has 2 heteroatoms. The standard InChI is InChI=1S/C11H25NO/c1-5-6-7-8-11(12,9-13)10(2,3)4/h13H,5-9,12H2,1-4H3. The van der Waals surface area contributed by atoms with E-state index in [1.54, 1.807) is 0 Å². The van der Waals surface area contributed by atoms with Crippen LogP contribution in [0.25, 0.3) is 0 Å². The van der Waals surface area contributed by atoms with Crippen molar-refractivity contribution in [2.24, 2.45) is 11.1 Å². The molecule has 0 radical (unpaired) electrons. The molecule has 0 heterocycles. The van der Waals surface area contributed by atoms with E-state index in [2.05, 4.69) is 27.7 Å². The Labute approximate surface area is 82.5 Å². The van der Waals surface area contributed by atoms with E-state index >= 15 is 0 Å². The third-order valence-electron chi connectivity index (χ3n) is 3.00. The van der Waals surface area contributed by atoms with Crippen LogP contribution in [-0.4, -0.2) is 17.3 Å². The number of aliphatic hydroxyl groups excluding tert-OH is 1. The van der Waals surface area contributed by atoms with E-state index in [1.807, 2.05) is 0 Å². The van der Waals surface area contributed by atoms with Gasteiger partial charge in [-0.1, -0.05) is 47.0 Å². The fraction of sp³-hybridized carbons (Fsp3) is 1.00. The van der Waals surface area contributed by atoms with Gasteiger partial charge in [-0.05, 0) is 11.8 Å². The highest BCUT2D eigenvalue weighted by molar-refractivity contribution is 4.94. The minimum absolute atomic E-state index is 0.0184. The zero-order valence-electron chi connectivity index (χ0n) is 9.56. The molecule has 0 spiro atoms. The Morgan fingerprint density at radius 1 is 1.15 bits per heavy atom. The molecule has 0 fully saturated rings. The van der Waals surface area contributed by atoms with Crippen LogP contribution in [0.1, 0.15) is 53.4 Å². The summed E-state index contributed by atoms with van der Waals surface area (Å²) in [5, 5.41) is 9.30. The van der Waals surface area contributed by atoms with E-state index in [9.17, 15) is 5.11 Å². The van der Waals surface area contributed by atoms with E-state index in [0.29, 0.717) is 0 Å². The second-order valence-electron chi connectivity index (χ2n) is 5.02. The van der Waals surface area contributed by atoms with Gasteiger partial charge >= 0.3 is 0 Å². The first-order valence-electron chi connectivity index (χ1n) is 5.27. The summed E-state index contributed by atoms with van der Waals surface area (Å²) in [6, 6.07) is 0. The van der Waals surface area contributed by atoms with Crippen molar-refractivity contribution in [3.8, 4) is 0 Å². The predicted octanol–water partition coefficient (Wildman–Crippen LogP) is 2.30. The quantitative estimate of drug-likeness (QED) is 0.649. The molecule has 0 saturated heterocycles. The van der Waals surface area contributed by atoms with E-state index in [0.717, 1.165) is 12.8 Å². The molecule has 0 amide bonds. The van der Waals surface area contributed by atoms with Gasteiger partial charge in [-0.2, -0.15) is 0 Å². The van der Waals surface area contributed by atoms with Crippen molar-refractivity contribution < 1.29 is 5.11 Å². The smallest absolute Gasteiger partial charge is 0.0616 e. The van der Waals surface area contributed by atoms with Crippen molar-refractivity contribution >= 4 is 0 Å². The Balaban J connectivity index is 4.13. The summed E-state index contributed by atoms with van der Waals surface area (Å²) in [5.74, 6) is 0. The Morgan fingerprint density at radius 2 is 1.69 bits per heavy atom. The maximum Gasteiger partial charge on any atom is 0.0616 e. The first kappa shape index (κ1) is 12.9. The molecule has 13 heavy (non-hydrogen) atoms. The predicted molar refractivity (Wildman–Crippen MR) is 57.6 cm³/mol. The van der Waals surface area contributed by atoms with E-state index < -0.39 is 5.54 Å². The first-order chi connectivity index (χ1) is 5.87. The maximum absolute atomic E-state index is 9.30. The number of hydrogen-bond donors (Lipinski definition) is 2. The highest BCUT2D eigenvalue weighted by Crippen LogP contribution is 2.32. The van der Waals surface area contributed by atoms with Gasteiger partial charge in [0.15, 0.2) is 0 Å². The summed E-state index contributed by atoms with van der Waals surface area (Å²) in [6.07, 6.45) is 4.44. The van der Waals surface area contributed by atoms with Crippen LogP contribution in [0.15, 0.2) is 0 Å². The summed E-state index contributed by atoms with van der Waals surface area (Å²) in [5.41, 5.74) is 5.73. The molecule has 0 bridgehead atoms. The molecule has 0 aliphatic heterocycles. The molecule has 0 rings (SSSR count). The second-order valence-corrected chi connectivity index (χ2v) is 5.02. The van der Waals surface area contributed by atoms with Gasteiger partial charge in [-0.25, -0.2) is 0 Å². The molecule has 0 aliphatic carbocycles. The highest BCUT2D eigenvalue weighted by Gasteiger charge is 2.36. The highest BCUT2D eigenvalue weighted by atomic mass is 16.3. The molecule has 0 aromatic carbocycles. The van der Waals surface area contributed by atoms with Crippen LogP contribution in [0.4, 0.5) is 0 Å². The second kappa shape index (κ2) is 4.97. The molecule has 3 N–H and O–H groups in total. The van der Waals surface area contributed by atoms with E-state index in [-0.39, 0.29) is 12.0 Å². The lowest BCUT2D eigenvalue weighted by atomic mass is 9.72. The lowest BCUT2D eigenvalue weighted by molar-refractivity contribution is 0.0848. The Bertz CT molecular complexity index is 140. The molecular weight excluding hydrogens is 162 g/mol. The first-order valence-corrected chi connectivity index (χ1v) is 5.27. The molecule has 2 nitrogen and oxygen atoms in total. The summed E-state index contributed by atoms with van der Waals surface area (Å²) < 4.78 is 0. The van der Waals surface area contributed by atoms with Crippen molar-refractivity contribution in [2.45, 2.75) is 58.9 Å². The normalized spacial score (nSPS) is 17.1. The van der Waals surface area contributed by atoms with Crippen molar-refractivity contribution in [2.75, 3.05) is 6.61 Å². The molecule has 80 valence electrons. The summed E-state index contributed by atoms with van der Waals surface area (Å²) in [7, 11) is 0. The van der Waals surface area contributed by atoms with Crippen molar-refractivity contribution in [3.05, 3.63) is 0 Å². The van der Waals surface area contributed by atoms with Gasteiger partial charge in [0.2, 0.25) is 0 Å². The Kier molecular flexibility index (Phi) is 4.93. The van der Waals surface area contributed by atoms with E-state index in [4.69, 9.17) is 5.73 Å². The zero-order valence-corrected chi connectivity index (χ0v) is 9.56. The Hall–Kier alpha value is -0.0800. The van der Waals surface area contributed by atoms with E-state index in [1.165, 1.54) is 12.8 Å². The number of rotatable bonds is 5. The Morgan fingerprint density at radius 3 is 2.00 bits per heavy atom. The van der Waals surface area contributed by atoms with Crippen LogP contribution < -0.4 is 5.73 Å². The summed E-state index contributed by atoms with van der Waals surface area (Å²) in [4.78, 5) is 0. The van der Waals surface area contributed by atoms with Crippen molar-refractivity contribution in [3.63, 3.8) is 0 Å². The largest absolute Gasteiger partial charge is 0.394 e. The van der Waals surface area contributed by atoms with Gasteiger partial charge in [-0.15, -0.1) is 0 Å². The minimum Gasteiger partial charge on any atom is -0.394 e. The van der Waals surface area contributed by atoms with Gasteiger partial charge < -0.3 is 10.8 Å². The van der Waals surface area contributed by atoms with Crippen LogP contribution in [-0.2, 0) is 0 Å². The van der Waals surface area contributed by atoms with Gasteiger partial charge in [0.25, 0.3) is 0 Å². The molecule has 0 saturated carbocycles. The molecule has 0 aromatic heterocycles. The van der Waals surface area contributed by atoms with Gasteiger partial charge in [0, 0.05) is 5.54 Å². The average molecular weight is 187 g/mol. The van der Waals surface area contributed by atoms with Crippen molar-refractivity contribution in [1.29, 1.82) is 0 Å². The topological polar surface area (TPSA) is 46.2 Å². The number of unbranched alkanes of at least 4 members (excludes halogenated alkanes) is 2. The molecular formula is C11H25NO. The summed E-state index contributed by atoms with van der Waals surface area (Å²) in [6.45, 7) is 8.54. The van der Waals surface area contributed by atoms with Gasteiger partial charge in [-0.3, -0.25) is 0 Å². The van der Waals surface area contributed by atoms with Crippen LogP contribution in [0.3, 0.4) is 0 Å². The fourth-order valence-electron chi connectivity index (χ4n) is 1.38. The molecule has 0 aromatic rings. The van der Waals surface area contributed by atoms with Crippen LogP contribution in [0.2, 0.25) is 0 Å². The zero-order chi connectivity index (χ0) is 10.5. The SMILES string of the molecule is CCCCCC(N)(CO)C(C)(C)C. The molecule has 1 unspecified atom stereocenters. The van der Waals surface area contributed by atoms with Gasteiger partial charge in [0.1, 0.15) is 0 Å². The lowest BCUT2D eigenvalue weighted by Gasteiger charge is -2.40.